The number of hydrogen-bond acceptors (Lipinski definition) is 4. The average molecular weight is 123 g/mol. The van der Waals surface area contributed by atoms with Crippen molar-refractivity contribution in [1.82, 2.24) is 5.48 Å². The van der Waals surface area contributed by atoms with Crippen molar-refractivity contribution >= 4 is 8.60 Å². The summed E-state index contributed by atoms with van der Waals surface area (Å²) in [7, 11) is -2.29. The van der Waals surface area contributed by atoms with Crippen LogP contribution in [0.4, 0.5) is 0 Å². The van der Waals surface area contributed by atoms with Crippen molar-refractivity contribution in [3.8, 4) is 0 Å². The maximum atomic E-state index is 7.97. The van der Waals surface area contributed by atoms with E-state index in [-0.39, 0.29) is 0 Å². The second kappa shape index (κ2) is 4.02. The third-order valence-corrected chi connectivity index (χ3v) is 0.486. The van der Waals surface area contributed by atoms with Gasteiger partial charge >= 0.3 is 8.60 Å². The van der Waals surface area contributed by atoms with E-state index >= 15 is 0 Å². The van der Waals surface area contributed by atoms with Crippen LogP contribution < -0.4 is 5.48 Å². The largest absolute Gasteiger partial charge is 0.350 e. The monoisotopic (exact) mass is 123 g/mol. The second-order valence-electron chi connectivity index (χ2n) is 0.666. The summed E-state index contributed by atoms with van der Waals surface area (Å²) in [4.78, 5) is 15.9. The van der Waals surface area contributed by atoms with E-state index in [1.54, 1.807) is 0 Å². The summed E-state index contributed by atoms with van der Waals surface area (Å²) in [6.45, 7) is 3.18. The Bertz CT molecular complexity index is 56.9. The maximum Gasteiger partial charge on any atom is 0.350 e. The summed E-state index contributed by atoms with van der Waals surface area (Å²) in [6, 6.07) is 0. The normalized spacial score (nSPS) is 9.00. The molecule has 0 saturated carbocycles. The Morgan fingerprint density at radius 3 is 2.43 bits per heavy atom. The van der Waals surface area contributed by atoms with Crippen LogP contribution in [-0.2, 0) is 4.62 Å². The second-order valence-corrected chi connectivity index (χ2v) is 1.35. The quantitative estimate of drug-likeness (QED) is 0.361. The van der Waals surface area contributed by atoms with Crippen molar-refractivity contribution in [2.75, 3.05) is 0 Å². The zero-order valence-corrected chi connectivity index (χ0v) is 4.43. The van der Waals surface area contributed by atoms with Gasteiger partial charge in [-0.15, -0.1) is 0 Å². The number of nitrogens with one attached hydrogen (secondary N) is 1. The van der Waals surface area contributed by atoms with Crippen molar-refractivity contribution in [3.63, 3.8) is 0 Å². The molecule has 0 radical (unpaired) electrons. The molecular weight excluding hydrogens is 117 g/mol. The average Bonchev–Trinajstić information content (AvgIpc) is 1.61. The zero-order valence-electron chi connectivity index (χ0n) is 3.53. The molecule has 0 fully saturated rings. The van der Waals surface area contributed by atoms with Crippen molar-refractivity contribution in [1.29, 1.82) is 0 Å². The topological polar surface area (TPSA) is 61.7 Å². The smallest absolute Gasteiger partial charge is 0.327 e. The molecule has 0 aromatic carbocycles. The number of hydroxylamine groups is 1. The molecule has 0 amide bonds. The lowest BCUT2D eigenvalue weighted by atomic mass is 11.1. The minimum absolute atomic E-state index is 1.20. The minimum Gasteiger partial charge on any atom is -0.327 e. The summed E-state index contributed by atoms with van der Waals surface area (Å²) >= 11 is 0. The minimum atomic E-state index is -2.29. The molecule has 0 aromatic rings. The molecule has 42 valence electrons. The van der Waals surface area contributed by atoms with Crippen LogP contribution in [0.3, 0.4) is 0 Å². The fourth-order valence-electron chi connectivity index (χ4n) is 0.0844. The molecule has 4 nitrogen and oxygen atoms in total. The van der Waals surface area contributed by atoms with Gasteiger partial charge in [0, 0.05) is 6.20 Å². The van der Waals surface area contributed by atoms with Crippen LogP contribution in [0.5, 0.6) is 0 Å². The summed E-state index contributed by atoms with van der Waals surface area (Å²) in [6.07, 6.45) is 1.20. The predicted molar refractivity (Wildman–Crippen MR) is 25.8 cm³/mol. The van der Waals surface area contributed by atoms with Crippen molar-refractivity contribution in [2.45, 2.75) is 0 Å². The van der Waals surface area contributed by atoms with E-state index < -0.39 is 8.60 Å². The van der Waals surface area contributed by atoms with E-state index in [0.29, 0.717) is 0 Å². The first-order valence-electron chi connectivity index (χ1n) is 1.48. The number of hydrogen-bond donors (Lipinski definition) is 3. The van der Waals surface area contributed by atoms with Gasteiger partial charge in [-0.2, -0.15) is 4.62 Å². The zero-order chi connectivity index (χ0) is 5.70. The number of rotatable bonds is 3. The van der Waals surface area contributed by atoms with E-state index in [9.17, 15) is 0 Å². The molecule has 0 rings (SSSR count). The Kier molecular flexibility index (Phi) is 3.93. The Hall–Kier alpha value is -0.150. The molecule has 0 saturated heterocycles. The van der Waals surface area contributed by atoms with E-state index in [4.69, 9.17) is 9.79 Å². The first-order chi connectivity index (χ1) is 3.27. The Morgan fingerprint density at radius 2 is 2.29 bits per heavy atom. The molecule has 0 atom stereocenters. The third-order valence-electron chi connectivity index (χ3n) is 0.218. The van der Waals surface area contributed by atoms with E-state index in [1.165, 1.54) is 6.20 Å². The molecule has 0 aromatic heterocycles. The fraction of sp³-hybridized carbons (Fsp3) is 0. The van der Waals surface area contributed by atoms with Crippen LogP contribution in [0, 0.1) is 0 Å². The lowest BCUT2D eigenvalue weighted by Crippen LogP contribution is -1.99. The highest BCUT2D eigenvalue weighted by molar-refractivity contribution is 7.39. The van der Waals surface area contributed by atoms with Gasteiger partial charge in [0.25, 0.3) is 0 Å². The van der Waals surface area contributed by atoms with Gasteiger partial charge in [0.05, 0.1) is 0 Å². The molecule has 0 bridgehead atoms. The summed E-state index contributed by atoms with van der Waals surface area (Å²) in [5, 5.41) is 0. The first kappa shape index (κ1) is 6.85. The molecule has 3 N–H and O–H groups in total. The Morgan fingerprint density at radius 1 is 1.71 bits per heavy atom. The van der Waals surface area contributed by atoms with Crippen LogP contribution in [0.1, 0.15) is 0 Å². The van der Waals surface area contributed by atoms with Gasteiger partial charge in [-0.3, -0.25) is 5.48 Å². The molecule has 7 heavy (non-hydrogen) atoms. The van der Waals surface area contributed by atoms with Crippen LogP contribution in [0.25, 0.3) is 0 Å². The SMILES string of the molecule is C=CNOP(O)O. The standard InChI is InChI=1S/C2H6NO3P/c1-2-3-6-7(4)5/h2-5H,1H2. The van der Waals surface area contributed by atoms with Crippen molar-refractivity contribution < 1.29 is 14.4 Å². The van der Waals surface area contributed by atoms with Crippen LogP contribution in [0.2, 0.25) is 0 Å². The Labute approximate surface area is 42.4 Å². The molecule has 0 aliphatic rings. The van der Waals surface area contributed by atoms with Gasteiger partial charge in [-0.25, -0.2) is 0 Å². The maximum absolute atomic E-state index is 7.97. The van der Waals surface area contributed by atoms with Gasteiger partial charge in [0.2, 0.25) is 0 Å². The fourth-order valence-corrected chi connectivity index (χ4v) is 0.253. The van der Waals surface area contributed by atoms with Gasteiger partial charge in [0.15, 0.2) is 0 Å². The van der Waals surface area contributed by atoms with E-state index in [2.05, 4.69) is 11.2 Å². The van der Waals surface area contributed by atoms with E-state index in [0.717, 1.165) is 0 Å². The van der Waals surface area contributed by atoms with Crippen LogP contribution in [0.15, 0.2) is 12.8 Å². The molecule has 0 unspecified atom stereocenters. The van der Waals surface area contributed by atoms with Crippen LogP contribution >= 0.6 is 8.60 Å². The summed E-state index contributed by atoms with van der Waals surface area (Å²) < 4.78 is 4.00. The molecule has 0 heterocycles. The Balaban J connectivity index is 2.81. The molecular formula is C2H6NO3P. The highest BCUT2D eigenvalue weighted by atomic mass is 31.2. The van der Waals surface area contributed by atoms with Crippen LogP contribution in [-0.4, -0.2) is 9.79 Å². The van der Waals surface area contributed by atoms with Gasteiger partial charge < -0.3 is 9.79 Å². The van der Waals surface area contributed by atoms with Gasteiger partial charge in [0.1, 0.15) is 0 Å². The summed E-state index contributed by atoms with van der Waals surface area (Å²) in [5.41, 5.74) is 2.04. The highest BCUT2D eigenvalue weighted by Gasteiger charge is 1.92. The first-order valence-corrected chi connectivity index (χ1v) is 2.65. The molecule has 5 heteroatoms. The predicted octanol–water partition coefficient (Wildman–Crippen LogP) is -0.137. The van der Waals surface area contributed by atoms with Gasteiger partial charge in [-0.1, -0.05) is 6.58 Å². The van der Waals surface area contributed by atoms with E-state index in [1.807, 2.05) is 5.48 Å². The van der Waals surface area contributed by atoms with Crippen molar-refractivity contribution in [3.05, 3.63) is 12.8 Å². The summed E-state index contributed by atoms with van der Waals surface area (Å²) in [5.74, 6) is 0. The lowest BCUT2D eigenvalue weighted by molar-refractivity contribution is 0.199. The highest BCUT2D eigenvalue weighted by Crippen LogP contribution is 2.21. The third kappa shape index (κ3) is 5.85. The molecule has 0 aliphatic carbocycles. The molecule has 0 spiro atoms. The molecule has 0 aliphatic heterocycles. The van der Waals surface area contributed by atoms with Gasteiger partial charge in [-0.05, 0) is 0 Å². The van der Waals surface area contributed by atoms with Crippen molar-refractivity contribution in [2.24, 2.45) is 0 Å². The lowest BCUT2D eigenvalue weighted by Gasteiger charge is -1.98.